The van der Waals surface area contributed by atoms with E-state index in [4.69, 9.17) is 24.0 Å². The van der Waals surface area contributed by atoms with Crippen LogP contribution in [0, 0.1) is 12.7 Å². The molecule has 0 aliphatic rings. The number of nitrogens with zero attached hydrogens (tertiary/aromatic N) is 3. The summed E-state index contributed by atoms with van der Waals surface area (Å²) in [6, 6.07) is 18.0. The Bertz CT molecular complexity index is 1810. The van der Waals surface area contributed by atoms with Crippen LogP contribution in [0.3, 0.4) is 0 Å². The highest BCUT2D eigenvalue weighted by Gasteiger charge is 2.30. The van der Waals surface area contributed by atoms with Crippen LogP contribution in [0.15, 0.2) is 79.0 Å². The van der Waals surface area contributed by atoms with Crippen LogP contribution >= 0.6 is 11.3 Å². The predicted molar refractivity (Wildman–Crippen MR) is 162 cm³/mol. The number of aryl methyl sites for hydroxylation is 1. The van der Waals surface area contributed by atoms with Gasteiger partial charge in [-0.2, -0.15) is 27.9 Å². The Morgan fingerprint density at radius 2 is 1.65 bits per heavy atom. The van der Waals surface area contributed by atoms with E-state index in [9.17, 15) is 22.4 Å². The van der Waals surface area contributed by atoms with Crippen LogP contribution in [-0.2, 0) is 30.0 Å². The Balaban J connectivity index is 0.00000154. The van der Waals surface area contributed by atoms with Crippen molar-refractivity contribution in [2.24, 2.45) is 0 Å². The molecule has 5 rings (SSSR count). The number of amides is 1. The molecule has 0 aliphatic heterocycles. The van der Waals surface area contributed by atoms with E-state index < -0.39 is 11.7 Å². The maximum Gasteiger partial charge on any atom is 0.416 e. The molecule has 0 aliphatic carbocycles. The van der Waals surface area contributed by atoms with E-state index in [1.165, 1.54) is 35.6 Å². The molecule has 0 atom stereocenters. The van der Waals surface area contributed by atoms with Crippen LogP contribution in [0.2, 0.25) is 0 Å². The molecule has 0 unspecified atom stereocenters. The molecule has 2 heterocycles. The zero-order chi connectivity index (χ0) is 33.3. The third kappa shape index (κ3) is 8.58. The molecule has 2 aromatic heterocycles. The average molecular weight is 655 g/mol. The number of carbonyl (C=O) groups is 1. The second kappa shape index (κ2) is 15.3. The van der Waals surface area contributed by atoms with Crippen molar-refractivity contribution in [1.29, 1.82) is 0 Å². The third-order valence-corrected chi connectivity index (χ3v) is 7.52. The van der Waals surface area contributed by atoms with Crippen LogP contribution in [-0.4, -0.2) is 53.8 Å². The number of hydrogen-bond acceptors (Lipinski definition) is 8. The number of carbonyl (C=O) groups excluding carboxylic acids is 3. The lowest BCUT2D eigenvalue weighted by molar-refractivity contribution is -0.191. The molecular weight excluding hydrogens is 628 g/mol. The summed E-state index contributed by atoms with van der Waals surface area (Å²) in [6.07, 6.45) is -2.47. The lowest BCUT2D eigenvalue weighted by atomic mass is 10.0. The molecule has 1 amide bonds. The van der Waals surface area contributed by atoms with Gasteiger partial charge in [0.1, 0.15) is 12.4 Å². The fraction of sp³-hybridized carbons (Fsp3) is 0.188. The van der Waals surface area contributed by atoms with Gasteiger partial charge < -0.3 is 14.8 Å². The van der Waals surface area contributed by atoms with Crippen molar-refractivity contribution in [3.8, 4) is 38.0 Å². The smallest absolute Gasteiger partial charge is 0.382 e. The van der Waals surface area contributed by atoms with E-state index in [1.54, 1.807) is 61.3 Å². The van der Waals surface area contributed by atoms with Crippen molar-refractivity contribution in [3.05, 3.63) is 96.1 Å². The van der Waals surface area contributed by atoms with Crippen molar-refractivity contribution >= 4 is 29.1 Å². The molecule has 5 aromatic rings. The van der Waals surface area contributed by atoms with Gasteiger partial charge in [0.2, 0.25) is 11.0 Å². The van der Waals surface area contributed by atoms with Crippen LogP contribution < -0.4 is 5.32 Å². The van der Waals surface area contributed by atoms with E-state index in [-0.39, 0.29) is 24.5 Å². The molecule has 46 heavy (non-hydrogen) atoms. The molecule has 9 nitrogen and oxygen atoms in total. The molecule has 0 bridgehead atoms. The standard InChI is InChI=1S/C31H26F4N4O3S.CO2/c1-19-26(22-4-3-5-24(32)16-22)17-39(38-19)30-37-28(20-6-10-23(11-7-20)31(33,34)35)29(43-30)21-8-12-25(13-9-21)36-27(40)18-42-15-14-41-2;2-1-3/h3-13,16-17H,14-15,18H2,1-2H3,(H,36,40);. The SMILES string of the molecule is COCCOCC(=O)Nc1ccc(-c2sc(-n3cc(-c4cccc(F)c4)c(C)n3)nc2-c2ccc(C(F)(F)F)cc2)cc1.O=C=O. The normalized spacial score (nSPS) is 11.0. The second-order valence-electron chi connectivity index (χ2n) is 9.59. The van der Waals surface area contributed by atoms with E-state index in [0.717, 1.165) is 23.3 Å². The Labute approximate surface area is 264 Å². The summed E-state index contributed by atoms with van der Waals surface area (Å²) in [5.74, 6) is -0.693. The number of ether oxygens (including phenoxy) is 2. The number of aromatic nitrogens is 3. The molecule has 0 fully saturated rings. The van der Waals surface area contributed by atoms with Gasteiger partial charge >= 0.3 is 12.3 Å². The fourth-order valence-corrected chi connectivity index (χ4v) is 5.34. The molecule has 1 N–H and O–H groups in total. The van der Waals surface area contributed by atoms with E-state index >= 15 is 0 Å². The van der Waals surface area contributed by atoms with Gasteiger partial charge in [-0.3, -0.25) is 4.79 Å². The van der Waals surface area contributed by atoms with Gasteiger partial charge in [-0.25, -0.2) is 14.1 Å². The number of hydrogen-bond donors (Lipinski definition) is 1. The van der Waals surface area contributed by atoms with E-state index in [2.05, 4.69) is 10.4 Å². The van der Waals surface area contributed by atoms with Gasteiger partial charge in [0.25, 0.3) is 0 Å². The first-order valence-corrected chi connectivity index (χ1v) is 14.3. The minimum absolute atomic E-state index is 0.123. The number of benzene rings is 3. The van der Waals surface area contributed by atoms with Crippen molar-refractivity contribution < 1.29 is 41.4 Å². The van der Waals surface area contributed by atoms with Gasteiger partial charge in [0.05, 0.1) is 35.0 Å². The topological polar surface area (TPSA) is 112 Å². The summed E-state index contributed by atoms with van der Waals surface area (Å²) in [5, 5.41) is 7.82. The lowest BCUT2D eigenvalue weighted by Crippen LogP contribution is -2.19. The van der Waals surface area contributed by atoms with Gasteiger partial charge in [-0.05, 0) is 54.4 Å². The van der Waals surface area contributed by atoms with Gasteiger partial charge in [-0.1, -0.05) is 47.7 Å². The minimum atomic E-state index is -4.47. The van der Waals surface area contributed by atoms with Crippen molar-refractivity contribution in [1.82, 2.24) is 14.8 Å². The molecule has 0 saturated heterocycles. The summed E-state index contributed by atoms with van der Waals surface area (Å²) in [6.45, 7) is 2.35. The predicted octanol–water partition coefficient (Wildman–Crippen LogP) is 6.81. The van der Waals surface area contributed by atoms with Crippen molar-refractivity contribution in [2.75, 3.05) is 32.2 Å². The van der Waals surface area contributed by atoms with Crippen LogP contribution in [0.1, 0.15) is 11.3 Å². The molecule has 238 valence electrons. The van der Waals surface area contributed by atoms with Crippen molar-refractivity contribution in [2.45, 2.75) is 13.1 Å². The Morgan fingerprint density at radius 3 is 2.28 bits per heavy atom. The van der Waals surface area contributed by atoms with Gasteiger partial charge in [-0.15, -0.1) is 0 Å². The van der Waals surface area contributed by atoms with E-state index in [0.29, 0.717) is 51.4 Å². The maximum atomic E-state index is 13.9. The number of methoxy groups -OCH3 is 1. The Kier molecular flexibility index (Phi) is 11.3. The first-order valence-electron chi connectivity index (χ1n) is 13.5. The average Bonchev–Trinajstić information content (AvgIpc) is 3.64. The van der Waals surface area contributed by atoms with Gasteiger partial charge in [0.15, 0.2) is 0 Å². The summed E-state index contributed by atoms with van der Waals surface area (Å²) in [5.41, 5.74) is 3.52. The maximum absolute atomic E-state index is 13.9. The monoisotopic (exact) mass is 654 g/mol. The summed E-state index contributed by atoms with van der Waals surface area (Å²) in [7, 11) is 1.54. The van der Waals surface area contributed by atoms with Crippen LogP contribution in [0.4, 0.5) is 23.2 Å². The summed E-state index contributed by atoms with van der Waals surface area (Å²) >= 11 is 1.30. The number of halogens is 4. The molecule has 14 heteroatoms. The Hall–Kier alpha value is -5.01. The molecule has 0 spiro atoms. The molecular formula is C32H26F4N4O5S. The second-order valence-corrected chi connectivity index (χ2v) is 10.6. The zero-order valence-electron chi connectivity index (χ0n) is 24.4. The van der Waals surface area contributed by atoms with Gasteiger partial charge in [0, 0.05) is 30.1 Å². The number of anilines is 1. The highest BCUT2D eigenvalue weighted by Crippen LogP contribution is 2.40. The zero-order valence-corrected chi connectivity index (χ0v) is 25.2. The van der Waals surface area contributed by atoms with Crippen molar-refractivity contribution in [3.63, 3.8) is 0 Å². The third-order valence-electron chi connectivity index (χ3n) is 6.43. The van der Waals surface area contributed by atoms with E-state index in [1.807, 2.05) is 0 Å². The lowest BCUT2D eigenvalue weighted by Gasteiger charge is -2.09. The number of alkyl halides is 3. The number of rotatable bonds is 10. The number of thiazole rings is 1. The minimum Gasteiger partial charge on any atom is -0.382 e. The van der Waals surface area contributed by atoms with Crippen LogP contribution in [0.25, 0.3) is 38.0 Å². The molecule has 3 aromatic carbocycles. The first-order chi connectivity index (χ1) is 22.0. The number of nitrogens with one attached hydrogen (secondary N) is 1. The largest absolute Gasteiger partial charge is 0.416 e. The van der Waals surface area contributed by atoms with Crippen LogP contribution in [0.5, 0.6) is 0 Å². The highest BCUT2D eigenvalue weighted by atomic mass is 32.1. The summed E-state index contributed by atoms with van der Waals surface area (Å²) < 4.78 is 65.3. The first kappa shape index (κ1) is 33.9. The molecule has 0 radical (unpaired) electrons. The molecule has 0 saturated carbocycles. The fourth-order valence-electron chi connectivity index (χ4n) is 4.32. The highest BCUT2D eigenvalue weighted by molar-refractivity contribution is 7.18. The quantitative estimate of drug-likeness (QED) is 0.130. The Morgan fingerprint density at radius 1 is 0.978 bits per heavy atom. The summed E-state index contributed by atoms with van der Waals surface area (Å²) in [4.78, 5) is 33.9.